The number of nitrogens with zero attached hydrogens (tertiary/aromatic N) is 4. The molecule has 7 heteroatoms. The van der Waals surface area contributed by atoms with Gasteiger partial charge in [0.1, 0.15) is 5.01 Å². The Hall–Kier alpha value is -1.34. The zero-order valence-corrected chi connectivity index (χ0v) is 14.6. The number of thioether (sulfide) groups is 1. The molecular formula is C16H20N4OS2. The summed E-state index contributed by atoms with van der Waals surface area (Å²) in [5, 5.41) is 6.24. The number of thiazole rings is 1. The Morgan fingerprint density at radius 3 is 3.13 bits per heavy atom. The van der Waals surface area contributed by atoms with Gasteiger partial charge in [0, 0.05) is 36.9 Å². The Kier molecular flexibility index (Phi) is 4.39. The van der Waals surface area contributed by atoms with Gasteiger partial charge in [-0.05, 0) is 31.1 Å². The van der Waals surface area contributed by atoms with E-state index in [-0.39, 0.29) is 11.9 Å². The minimum Gasteiger partial charge on any atom is -0.333 e. The van der Waals surface area contributed by atoms with Gasteiger partial charge in [-0.15, -0.1) is 11.3 Å². The summed E-state index contributed by atoms with van der Waals surface area (Å²) >= 11 is 3.31. The summed E-state index contributed by atoms with van der Waals surface area (Å²) in [6, 6.07) is 0.167. The van der Waals surface area contributed by atoms with Gasteiger partial charge >= 0.3 is 0 Å². The zero-order valence-electron chi connectivity index (χ0n) is 13.0. The van der Waals surface area contributed by atoms with Crippen LogP contribution >= 0.6 is 23.1 Å². The number of amidine groups is 1. The number of piperidine rings is 1. The second kappa shape index (κ2) is 6.65. The fourth-order valence-electron chi connectivity index (χ4n) is 3.42. The van der Waals surface area contributed by atoms with Crippen molar-refractivity contribution in [3.63, 3.8) is 0 Å². The van der Waals surface area contributed by atoms with E-state index in [4.69, 9.17) is 0 Å². The van der Waals surface area contributed by atoms with Gasteiger partial charge in [-0.25, -0.2) is 4.98 Å². The number of fused-ring (bicyclic) bond motifs is 1. The Balaban J connectivity index is 1.47. The number of hydrogen-bond donors (Lipinski definition) is 0. The molecule has 3 aliphatic rings. The third-order valence-electron chi connectivity index (χ3n) is 4.56. The molecule has 23 heavy (non-hydrogen) atoms. The molecule has 5 nitrogen and oxygen atoms in total. The Labute approximate surface area is 144 Å². The van der Waals surface area contributed by atoms with Crippen LogP contribution in [-0.4, -0.2) is 45.5 Å². The van der Waals surface area contributed by atoms with Gasteiger partial charge in [-0.1, -0.05) is 11.8 Å². The summed E-state index contributed by atoms with van der Waals surface area (Å²) in [7, 11) is 0. The molecule has 0 aliphatic carbocycles. The van der Waals surface area contributed by atoms with Crippen molar-refractivity contribution in [1.82, 2.24) is 14.8 Å². The largest absolute Gasteiger partial charge is 0.333 e. The first kappa shape index (κ1) is 15.2. The second-order valence-corrected chi connectivity index (χ2v) is 7.81. The van der Waals surface area contributed by atoms with Crippen LogP contribution < -0.4 is 0 Å². The predicted octanol–water partition coefficient (Wildman–Crippen LogP) is 3.24. The number of aliphatic imine (C=N–C) groups is 1. The highest BCUT2D eigenvalue weighted by Crippen LogP contribution is 2.35. The Morgan fingerprint density at radius 2 is 2.26 bits per heavy atom. The van der Waals surface area contributed by atoms with Crippen molar-refractivity contribution < 1.29 is 4.79 Å². The summed E-state index contributed by atoms with van der Waals surface area (Å²) < 4.78 is 0. The third-order valence-corrected chi connectivity index (χ3v) is 6.38. The van der Waals surface area contributed by atoms with Crippen LogP contribution in [0.3, 0.4) is 0 Å². The molecule has 1 amide bonds. The molecule has 1 aromatic heterocycles. The minimum absolute atomic E-state index is 0.167. The number of hydrogen-bond acceptors (Lipinski definition) is 6. The molecule has 1 atom stereocenters. The van der Waals surface area contributed by atoms with E-state index in [1.807, 2.05) is 16.5 Å². The molecule has 3 aliphatic heterocycles. The maximum Gasteiger partial charge on any atom is 0.229 e. The van der Waals surface area contributed by atoms with Gasteiger partial charge in [-0.2, -0.15) is 0 Å². The third kappa shape index (κ3) is 3.04. The smallest absolute Gasteiger partial charge is 0.229 e. The van der Waals surface area contributed by atoms with E-state index in [9.17, 15) is 4.79 Å². The first-order valence-electron chi connectivity index (χ1n) is 8.19. The van der Waals surface area contributed by atoms with E-state index in [0.717, 1.165) is 54.8 Å². The highest BCUT2D eigenvalue weighted by Gasteiger charge is 2.32. The zero-order chi connectivity index (χ0) is 15.6. The van der Waals surface area contributed by atoms with E-state index in [1.165, 1.54) is 6.42 Å². The van der Waals surface area contributed by atoms with Gasteiger partial charge in [0.2, 0.25) is 5.91 Å². The Bertz CT molecular complexity index is 641. The van der Waals surface area contributed by atoms with Crippen LogP contribution in [0.25, 0.3) is 0 Å². The number of amides is 1. The van der Waals surface area contributed by atoms with Crippen LogP contribution in [0.2, 0.25) is 0 Å². The van der Waals surface area contributed by atoms with Crippen LogP contribution in [0.4, 0.5) is 0 Å². The minimum atomic E-state index is 0.167. The fourth-order valence-corrected chi connectivity index (χ4v) is 5.15. The monoisotopic (exact) mass is 348 g/mol. The van der Waals surface area contributed by atoms with Crippen LogP contribution in [0.5, 0.6) is 0 Å². The molecule has 0 bridgehead atoms. The molecule has 1 fully saturated rings. The summed E-state index contributed by atoms with van der Waals surface area (Å²) in [6.07, 6.45) is 6.69. The number of carbonyl (C=O) groups is 1. The van der Waals surface area contributed by atoms with Crippen LogP contribution in [0, 0.1) is 0 Å². The van der Waals surface area contributed by atoms with Crippen molar-refractivity contribution >= 4 is 34.2 Å². The fraction of sp³-hybridized carbons (Fsp3) is 0.562. The lowest BCUT2D eigenvalue weighted by molar-refractivity contribution is -0.134. The van der Waals surface area contributed by atoms with E-state index in [1.54, 1.807) is 23.1 Å². The van der Waals surface area contributed by atoms with E-state index in [2.05, 4.69) is 20.3 Å². The van der Waals surface area contributed by atoms with Gasteiger partial charge < -0.3 is 9.80 Å². The molecule has 0 radical (unpaired) electrons. The maximum absolute atomic E-state index is 12.9. The standard InChI is InChI=1S/C16H20N4OS2/c21-14(10-12-11-23-16-18-5-3-8-19(12)16)20-7-2-1-4-13(20)15-17-6-9-22-15/h6,9,11,13H,1-5,7-8,10H2/t13-/m1/s1. The van der Waals surface area contributed by atoms with Crippen molar-refractivity contribution in [1.29, 1.82) is 0 Å². The van der Waals surface area contributed by atoms with Crippen LogP contribution in [0.1, 0.15) is 43.2 Å². The number of rotatable bonds is 3. The molecule has 4 heterocycles. The van der Waals surface area contributed by atoms with Gasteiger partial charge in [0.15, 0.2) is 5.17 Å². The Morgan fingerprint density at radius 1 is 1.30 bits per heavy atom. The SMILES string of the molecule is O=C(CC1=CSC2=NCCCN12)N1CCCC[C@@H]1c1nccs1. The van der Waals surface area contributed by atoms with E-state index < -0.39 is 0 Å². The van der Waals surface area contributed by atoms with Gasteiger partial charge in [0.05, 0.1) is 12.5 Å². The lowest BCUT2D eigenvalue weighted by atomic mass is 10.0. The molecule has 1 saturated heterocycles. The average Bonchev–Trinajstić information content (AvgIpc) is 3.25. The molecule has 0 N–H and O–H groups in total. The first-order valence-corrected chi connectivity index (χ1v) is 9.95. The molecule has 0 aromatic carbocycles. The number of carbonyl (C=O) groups excluding carboxylic acids is 1. The first-order chi connectivity index (χ1) is 11.3. The van der Waals surface area contributed by atoms with E-state index in [0.29, 0.717) is 6.42 Å². The number of aromatic nitrogens is 1. The quantitative estimate of drug-likeness (QED) is 0.841. The van der Waals surface area contributed by atoms with Gasteiger partial charge in [-0.3, -0.25) is 9.79 Å². The molecule has 122 valence electrons. The molecule has 4 rings (SSSR count). The molecule has 0 unspecified atom stereocenters. The van der Waals surface area contributed by atoms with E-state index >= 15 is 0 Å². The lowest BCUT2D eigenvalue weighted by Gasteiger charge is -2.35. The molecule has 0 spiro atoms. The normalized spacial score (nSPS) is 24.3. The summed E-state index contributed by atoms with van der Waals surface area (Å²) in [4.78, 5) is 26.2. The molecular weight excluding hydrogens is 328 g/mol. The van der Waals surface area contributed by atoms with Crippen molar-refractivity contribution in [2.24, 2.45) is 4.99 Å². The number of likely N-dealkylation sites (tertiary alicyclic amines) is 1. The van der Waals surface area contributed by atoms with Crippen molar-refractivity contribution in [3.05, 3.63) is 27.7 Å². The predicted molar refractivity (Wildman–Crippen MR) is 94.3 cm³/mol. The highest BCUT2D eigenvalue weighted by atomic mass is 32.2. The topological polar surface area (TPSA) is 48.8 Å². The average molecular weight is 348 g/mol. The molecule has 1 aromatic rings. The highest BCUT2D eigenvalue weighted by molar-refractivity contribution is 8.16. The van der Waals surface area contributed by atoms with Crippen LogP contribution in [0.15, 0.2) is 27.7 Å². The maximum atomic E-state index is 12.9. The molecule has 0 saturated carbocycles. The van der Waals surface area contributed by atoms with Crippen molar-refractivity contribution in [2.45, 2.75) is 38.1 Å². The van der Waals surface area contributed by atoms with Crippen molar-refractivity contribution in [3.8, 4) is 0 Å². The lowest BCUT2D eigenvalue weighted by Crippen LogP contribution is -2.40. The second-order valence-electron chi connectivity index (χ2n) is 6.04. The summed E-state index contributed by atoms with van der Waals surface area (Å²) in [6.45, 7) is 2.75. The van der Waals surface area contributed by atoms with Crippen molar-refractivity contribution in [2.75, 3.05) is 19.6 Å². The van der Waals surface area contributed by atoms with Gasteiger partial charge in [0.25, 0.3) is 0 Å². The summed E-state index contributed by atoms with van der Waals surface area (Å²) in [5.74, 6) is 0.226. The summed E-state index contributed by atoms with van der Waals surface area (Å²) in [5.41, 5.74) is 1.11. The van der Waals surface area contributed by atoms with Crippen LogP contribution in [-0.2, 0) is 4.79 Å².